The summed E-state index contributed by atoms with van der Waals surface area (Å²) < 4.78 is 56.9. The number of nitrogens with two attached hydrogens (primary N) is 1. The van der Waals surface area contributed by atoms with Crippen molar-refractivity contribution < 1.29 is 21.9 Å². The monoisotopic (exact) mass is 404 g/mol. The van der Waals surface area contributed by atoms with Crippen LogP contribution in [-0.4, -0.2) is 38.8 Å². The Labute approximate surface area is 159 Å². The molecule has 2 aliphatic rings. The number of sulfonamides is 1. The van der Waals surface area contributed by atoms with E-state index in [1.807, 2.05) is 0 Å². The van der Waals surface area contributed by atoms with Gasteiger partial charge in [-0.1, -0.05) is 0 Å². The molecule has 1 aromatic heterocycles. The van der Waals surface area contributed by atoms with Crippen molar-refractivity contribution in [3.05, 3.63) is 64.5 Å². The molecule has 1 unspecified atom stereocenters. The maximum absolute atomic E-state index is 14.5. The third kappa shape index (κ3) is 3.10. The molecule has 0 amide bonds. The summed E-state index contributed by atoms with van der Waals surface area (Å²) in [5, 5.41) is 4.96. The number of benzene rings is 1. The third-order valence-corrected chi connectivity index (χ3v) is 5.41. The fourth-order valence-electron chi connectivity index (χ4n) is 3.20. The molecular formula is C18H14F2N4O3S. The summed E-state index contributed by atoms with van der Waals surface area (Å²) in [7, 11) is -2.73. The third-order valence-electron chi connectivity index (χ3n) is 4.52. The summed E-state index contributed by atoms with van der Waals surface area (Å²) in [4.78, 5) is 12.2. The molecule has 0 bridgehead atoms. The minimum atomic E-state index is -4.22. The highest BCUT2D eigenvalue weighted by atomic mass is 32.2. The van der Waals surface area contributed by atoms with Crippen LogP contribution in [0.3, 0.4) is 0 Å². The quantitative estimate of drug-likeness (QED) is 0.842. The van der Waals surface area contributed by atoms with Crippen LogP contribution in [0, 0.1) is 11.6 Å². The van der Waals surface area contributed by atoms with E-state index < -0.39 is 32.7 Å². The van der Waals surface area contributed by atoms with Crippen molar-refractivity contribution >= 4 is 27.7 Å². The zero-order chi connectivity index (χ0) is 20.1. The van der Waals surface area contributed by atoms with Gasteiger partial charge < -0.3 is 4.74 Å². The second-order valence-corrected chi connectivity index (χ2v) is 7.80. The lowest BCUT2D eigenvalue weighted by atomic mass is 9.91. The van der Waals surface area contributed by atoms with E-state index >= 15 is 0 Å². The molecule has 28 heavy (non-hydrogen) atoms. The zero-order valence-electron chi connectivity index (χ0n) is 14.6. The number of nitrogens with zero attached hydrogens (tertiary/aromatic N) is 3. The first kappa shape index (κ1) is 18.4. The lowest BCUT2D eigenvalue weighted by Crippen LogP contribution is -2.15. The van der Waals surface area contributed by atoms with Crippen molar-refractivity contribution in [1.29, 1.82) is 0 Å². The fourth-order valence-corrected chi connectivity index (χ4v) is 3.74. The number of halogens is 2. The highest BCUT2D eigenvalue weighted by Crippen LogP contribution is 2.35. The first-order chi connectivity index (χ1) is 13.3. The summed E-state index contributed by atoms with van der Waals surface area (Å²) >= 11 is 0. The summed E-state index contributed by atoms with van der Waals surface area (Å²) in [6.45, 7) is 0. The summed E-state index contributed by atoms with van der Waals surface area (Å²) in [6, 6.07) is 3.08. The van der Waals surface area contributed by atoms with Crippen LogP contribution in [-0.2, 0) is 21.2 Å². The Balaban J connectivity index is 1.79. The molecule has 4 rings (SSSR count). The first-order valence-electron chi connectivity index (χ1n) is 8.13. The maximum atomic E-state index is 14.5. The minimum Gasteiger partial charge on any atom is -0.481 e. The molecule has 2 N–H and O–H groups in total. The van der Waals surface area contributed by atoms with E-state index in [1.165, 1.54) is 13.3 Å². The van der Waals surface area contributed by atoms with Crippen molar-refractivity contribution in [1.82, 2.24) is 4.98 Å². The molecule has 1 atom stereocenters. The van der Waals surface area contributed by atoms with Gasteiger partial charge >= 0.3 is 0 Å². The van der Waals surface area contributed by atoms with Gasteiger partial charge in [-0.05, 0) is 23.8 Å². The molecule has 10 heteroatoms. The van der Waals surface area contributed by atoms with E-state index in [-0.39, 0.29) is 12.0 Å². The number of methoxy groups -OCH3 is 1. The SMILES string of the molecule is COC1=NC2N=Cc3nccc(Cc4c(F)cc(S(N)(=O)=O)cc4F)c3C2=C1. The summed E-state index contributed by atoms with van der Waals surface area (Å²) in [5.41, 5.74) is 2.27. The van der Waals surface area contributed by atoms with Gasteiger partial charge in [-0.25, -0.2) is 27.3 Å². The normalized spacial score (nSPS) is 17.6. The average molecular weight is 404 g/mol. The van der Waals surface area contributed by atoms with Crippen molar-refractivity contribution in [3.63, 3.8) is 0 Å². The van der Waals surface area contributed by atoms with Crippen LogP contribution in [0.1, 0.15) is 22.4 Å². The molecule has 7 nitrogen and oxygen atoms in total. The van der Waals surface area contributed by atoms with Gasteiger partial charge in [0.25, 0.3) is 0 Å². The summed E-state index contributed by atoms with van der Waals surface area (Å²) in [6.07, 6.45) is 4.17. The number of ether oxygens (including phenoxy) is 1. The molecule has 2 aromatic rings. The number of aromatic nitrogens is 1. The van der Waals surface area contributed by atoms with E-state index in [2.05, 4.69) is 15.0 Å². The van der Waals surface area contributed by atoms with E-state index in [1.54, 1.807) is 18.4 Å². The average Bonchev–Trinajstić information content (AvgIpc) is 3.07. The Morgan fingerprint density at radius 2 is 1.96 bits per heavy atom. The predicted octanol–water partition coefficient (Wildman–Crippen LogP) is 1.80. The number of rotatable bonds is 3. The second kappa shape index (κ2) is 6.57. The van der Waals surface area contributed by atoms with Crippen LogP contribution >= 0.6 is 0 Å². The van der Waals surface area contributed by atoms with Crippen LogP contribution < -0.4 is 5.14 Å². The molecule has 0 radical (unpaired) electrons. The van der Waals surface area contributed by atoms with Gasteiger partial charge in [0.15, 0.2) is 6.17 Å². The maximum Gasteiger partial charge on any atom is 0.238 e. The minimum absolute atomic E-state index is 0.117. The van der Waals surface area contributed by atoms with Gasteiger partial charge in [0, 0.05) is 35.4 Å². The molecule has 0 fully saturated rings. The molecule has 2 aliphatic heterocycles. The number of aliphatic imine (C=N–C) groups is 2. The Bertz CT molecular complexity index is 1170. The molecule has 0 spiro atoms. The van der Waals surface area contributed by atoms with E-state index in [4.69, 9.17) is 9.88 Å². The number of primary sulfonamides is 1. The molecule has 144 valence electrons. The van der Waals surface area contributed by atoms with E-state index in [9.17, 15) is 17.2 Å². The lowest BCUT2D eigenvalue weighted by molar-refractivity contribution is 0.406. The van der Waals surface area contributed by atoms with Crippen LogP contribution in [0.2, 0.25) is 0 Å². The number of pyridine rings is 1. The van der Waals surface area contributed by atoms with Crippen LogP contribution in [0.4, 0.5) is 8.78 Å². The van der Waals surface area contributed by atoms with Gasteiger partial charge in [0.1, 0.15) is 11.6 Å². The standard InChI is InChI=1S/C18H14F2N4O3S/c1-27-16-7-12-17-9(2-3-22-15(17)8-23-18(12)24-16)4-11-13(19)5-10(6-14(11)20)28(21,25)26/h2-3,5-8,18H,4H2,1H3,(H2,21,25,26). The van der Waals surface area contributed by atoms with Crippen LogP contribution in [0.5, 0.6) is 0 Å². The first-order valence-corrected chi connectivity index (χ1v) is 9.68. The van der Waals surface area contributed by atoms with Crippen molar-refractivity contribution in [2.24, 2.45) is 15.1 Å². The second-order valence-electron chi connectivity index (χ2n) is 6.24. The van der Waals surface area contributed by atoms with Crippen molar-refractivity contribution in [3.8, 4) is 0 Å². The zero-order valence-corrected chi connectivity index (χ0v) is 15.4. The van der Waals surface area contributed by atoms with Gasteiger partial charge in [-0.2, -0.15) is 0 Å². The van der Waals surface area contributed by atoms with Gasteiger partial charge in [-0.15, -0.1) is 0 Å². The van der Waals surface area contributed by atoms with Gasteiger partial charge in [0.05, 0.1) is 23.9 Å². The van der Waals surface area contributed by atoms with Crippen molar-refractivity contribution in [2.45, 2.75) is 17.5 Å². The van der Waals surface area contributed by atoms with Crippen LogP contribution in [0.25, 0.3) is 5.57 Å². The van der Waals surface area contributed by atoms with E-state index in [0.29, 0.717) is 34.9 Å². The molecule has 0 aliphatic carbocycles. The Morgan fingerprint density at radius 1 is 1.25 bits per heavy atom. The predicted molar refractivity (Wildman–Crippen MR) is 98.6 cm³/mol. The Morgan fingerprint density at radius 3 is 2.61 bits per heavy atom. The summed E-state index contributed by atoms with van der Waals surface area (Å²) in [5.74, 6) is -1.59. The largest absolute Gasteiger partial charge is 0.481 e. The van der Waals surface area contributed by atoms with Gasteiger partial charge in [-0.3, -0.25) is 9.98 Å². The van der Waals surface area contributed by atoms with E-state index in [0.717, 1.165) is 5.57 Å². The van der Waals surface area contributed by atoms with Crippen molar-refractivity contribution in [2.75, 3.05) is 7.11 Å². The topological polar surface area (TPSA) is 107 Å². The highest BCUT2D eigenvalue weighted by Gasteiger charge is 2.29. The molecular weight excluding hydrogens is 390 g/mol. The lowest BCUT2D eigenvalue weighted by Gasteiger charge is -2.19. The molecule has 0 saturated heterocycles. The number of hydrogen-bond acceptors (Lipinski definition) is 6. The number of fused-ring (bicyclic) bond motifs is 3. The number of hydrogen-bond donors (Lipinski definition) is 1. The smallest absolute Gasteiger partial charge is 0.238 e. The Kier molecular flexibility index (Phi) is 4.31. The fraction of sp³-hybridized carbons (Fsp3) is 0.167. The Hall–Kier alpha value is -2.98. The molecule has 0 saturated carbocycles. The highest BCUT2D eigenvalue weighted by molar-refractivity contribution is 7.89. The molecule has 1 aromatic carbocycles. The molecule has 3 heterocycles. The van der Waals surface area contributed by atoms with Crippen LogP contribution in [0.15, 0.2) is 45.4 Å². The van der Waals surface area contributed by atoms with Gasteiger partial charge in [0.2, 0.25) is 15.9 Å².